The first-order chi connectivity index (χ1) is 7.27. The monoisotopic (exact) mass is 200 g/mol. The molecule has 76 valence electrons. The molecule has 1 aromatic heterocycles. The van der Waals surface area contributed by atoms with Gasteiger partial charge in [-0.1, -0.05) is 12.1 Å². The van der Waals surface area contributed by atoms with Crippen LogP contribution in [0.2, 0.25) is 0 Å². The van der Waals surface area contributed by atoms with Gasteiger partial charge in [-0.2, -0.15) is 0 Å². The lowest BCUT2D eigenvalue weighted by Crippen LogP contribution is -2.27. The lowest BCUT2D eigenvalue weighted by atomic mass is 10.1. The van der Waals surface area contributed by atoms with Gasteiger partial charge in [0.25, 0.3) is 5.91 Å². The Bertz CT molecular complexity index is 542. The lowest BCUT2D eigenvalue weighted by molar-refractivity contribution is 0.0798. The summed E-state index contributed by atoms with van der Waals surface area (Å²) in [4.78, 5) is 13.8. The van der Waals surface area contributed by atoms with Crippen molar-refractivity contribution in [3.63, 3.8) is 0 Å². The molecule has 0 saturated carbocycles. The normalized spacial score (nSPS) is 15.8. The maximum Gasteiger partial charge on any atom is 0.255 e. The molecule has 0 radical (unpaired) electrons. The van der Waals surface area contributed by atoms with Gasteiger partial charge in [-0.3, -0.25) is 4.79 Å². The van der Waals surface area contributed by atoms with Gasteiger partial charge in [0, 0.05) is 31.7 Å². The van der Waals surface area contributed by atoms with Crippen LogP contribution in [0, 0.1) is 0 Å². The molecule has 15 heavy (non-hydrogen) atoms. The maximum absolute atomic E-state index is 12.0. The van der Waals surface area contributed by atoms with Crippen molar-refractivity contribution in [2.75, 3.05) is 13.6 Å². The Labute approximate surface area is 87.9 Å². The number of benzene rings is 1. The molecule has 2 heterocycles. The SMILES string of the molecule is CN1CCn2ccc3cccc(c32)C1=O. The molecule has 0 atom stereocenters. The Kier molecular flexibility index (Phi) is 1.63. The predicted molar refractivity (Wildman–Crippen MR) is 58.9 cm³/mol. The van der Waals surface area contributed by atoms with Gasteiger partial charge in [0.1, 0.15) is 0 Å². The number of aromatic nitrogens is 1. The first-order valence-corrected chi connectivity index (χ1v) is 5.11. The van der Waals surface area contributed by atoms with Crippen LogP contribution in [0.3, 0.4) is 0 Å². The third-order valence-corrected chi connectivity index (χ3v) is 3.04. The standard InChI is InChI=1S/C12H12N2O/c1-13-7-8-14-6-5-9-3-2-4-10(11(9)14)12(13)15/h2-6H,7-8H2,1H3. The summed E-state index contributed by atoms with van der Waals surface area (Å²) >= 11 is 0. The lowest BCUT2D eigenvalue weighted by Gasteiger charge is -2.13. The molecule has 0 saturated heterocycles. The van der Waals surface area contributed by atoms with Crippen LogP contribution in [0.5, 0.6) is 0 Å². The van der Waals surface area contributed by atoms with E-state index in [1.54, 1.807) is 4.90 Å². The van der Waals surface area contributed by atoms with Gasteiger partial charge in [-0.05, 0) is 12.1 Å². The summed E-state index contributed by atoms with van der Waals surface area (Å²) in [7, 11) is 1.85. The second-order valence-corrected chi connectivity index (χ2v) is 3.98. The first-order valence-electron chi connectivity index (χ1n) is 5.11. The number of likely N-dealkylation sites (N-methyl/N-ethyl adjacent to an activating group) is 1. The summed E-state index contributed by atoms with van der Waals surface area (Å²) < 4.78 is 2.16. The highest BCUT2D eigenvalue weighted by Crippen LogP contribution is 2.23. The van der Waals surface area contributed by atoms with Crippen molar-refractivity contribution in [2.45, 2.75) is 6.54 Å². The van der Waals surface area contributed by atoms with Gasteiger partial charge in [-0.25, -0.2) is 0 Å². The summed E-state index contributed by atoms with van der Waals surface area (Å²) in [5.41, 5.74) is 1.89. The molecule has 0 N–H and O–H groups in total. The number of hydrogen-bond donors (Lipinski definition) is 0. The second kappa shape index (κ2) is 2.86. The van der Waals surface area contributed by atoms with Gasteiger partial charge in [0.15, 0.2) is 0 Å². The average molecular weight is 200 g/mol. The van der Waals surface area contributed by atoms with E-state index < -0.39 is 0 Å². The average Bonchev–Trinajstić information content (AvgIpc) is 2.62. The molecule has 2 aromatic rings. The van der Waals surface area contributed by atoms with Crippen LogP contribution in [-0.4, -0.2) is 29.0 Å². The minimum absolute atomic E-state index is 0.123. The number of nitrogens with zero attached hydrogens (tertiary/aromatic N) is 2. The Morgan fingerprint density at radius 2 is 2.07 bits per heavy atom. The van der Waals surface area contributed by atoms with Gasteiger partial charge >= 0.3 is 0 Å². The quantitative estimate of drug-likeness (QED) is 0.635. The molecular formula is C12H12N2O. The minimum Gasteiger partial charge on any atom is -0.345 e. The van der Waals surface area contributed by atoms with E-state index in [0.717, 1.165) is 29.6 Å². The van der Waals surface area contributed by atoms with Crippen molar-refractivity contribution in [3.8, 4) is 0 Å². The summed E-state index contributed by atoms with van der Waals surface area (Å²) in [6.07, 6.45) is 2.06. The number of rotatable bonds is 0. The molecule has 1 amide bonds. The number of carbonyl (C=O) groups excluding carboxylic acids is 1. The molecule has 0 aliphatic carbocycles. The summed E-state index contributed by atoms with van der Waals surface area (Å²) in [6.45, 7) is 1.65. The third kappa shape index (κ3) is 1.09. The van der Waals surface area contributed by atoms with Gasteiger partial charge in [0.2, 0.25) is 0 Å². The van der Waals surface area contributed by atoms with E-state index in [9.17, 15) is 4.79 Å². The van der Waals surface area contributed by atoms with Gasteiger partial charge < -0.3 is 9.47 Å². The van der Waals surface area contributed by atoms with Crippen molar-refractivity contribution in [1.29, 1.82) is 0 Å². The minimum atomic E-state index is 0.123. The predicted octanol–water partition coefficient (Wildman–Crippen LogP) is 1.73. The third-order valence-electron chi connectivity index (χ3n) is 3.04. The Balaban J connectivity index is 2.38. The fraction of sp³-hybridized carbons (Fsp3) is 0.250. The van der Waals surface area contributed by atoms with E-state index in [-0.39, 0.29) is 5.91 Å². The molecule has 3 rings (SSSR count). The zero-order chi connectivity index (χ0) is 10.4. The molecule has 1 aromatic carbocycles. The molecule has 0 spiro atoms. The summed E-state index contributed by atoms with van der Waals surface area (Å²) in [5, 5.41) is 1.15. The van der Waals surface area contributed by atoms with E-state index in [4.69, 9.17) is 0 Å². The number of para-hydroxylation sites is 1. The molecular weight excluding hydrogens is 188 g/mol. The van der Waals surface area contributed by atoms with Gasteiger partial charge in [-0.15, -0.1) is 0 Å². The number of carbonyl (C=O) groups is 1. The summed E-state index contributed by atoms with van der Waals surface area (Å²) in [6, 6.07) is 7.97. The van der Waals surface area contributed by atoms with Crippen molar-refractivity contribution >= 4 is 16.8 Å². The van der Waals surface area contributed by atoms with E-state index >= 15 is 0 Å². The molecule has 3 heteroatoms. The highest BCUT2D eigenvalue weighted by Gasteiger charge is 2.20. The van der Waals surface area contributed by atoms with Gasteiger partial charge in [0.05, 0.1) is 11.1 Å². The maximum atomic E-state index is 12.0. The fourth-order valence-corrected chi connectivity index (χ4v) is 2.19. The van der Waals surface area contributed by atoms with Crippen LogP contribution in [0.1, 0.15) is 10.4 Å². The fourth-order valence-electron chi connectivity index (χ4n) is 2.19. The largest absolute Gasteiger partial charge is 0.345 e. The molecule has 1 aliphatic rings. The molecule has 0 bridgehead atoms. The van der Waals surface area contributed by atoms with Crippen LogP contribution in [0.4, 0.5) is 0 Å². The first kappa shape index (κ1) is 8.53. The number of hydrogen-bond acceptors (Lipinski definition) is 1. The molecule has 3 nitrogen and oxygen atoms in total. The van der Waals surface area contributed by atoms with Crippen LogP contribution < -0.4 is 0 Å². The van der Waals surface area contributed by atoms with Crippen molar-refractivity contribution in [1.82, 2.24) is 9.47 Å². The van der Waals surface area contributed by atoms with Crippen molar-refractivity contribution in [2.24, 2.45) is 0 Å². The molecule has 0 unspecified atom stereocenters. The van der Waals surface area contributed by atoms with E-state index in [0.29, 0.717) is 0 Å². The van der Waals surface area contributed by atoms with Crippen molar-refractivity contribution < 1.29 is 4.79 Å². The van der Waals surface area contributed by atoms with E-state index in [1.807, 2.05) is 25.2 Å². The number of amides is 1. The van der Waals surface area contributed by atoms with Crippen LogP contribution in [0.25, 0.3) is 10.9 Å². The Hall–Kier alpha value is -1.77. The Morgan fingerprint density at radius 1 is 1.20 bits per heavy atom. The Morgan fingerprint density at radius 3 is 2.93 bits per heavy atom. The highest BCUT2D eigenvalue weighted by atomic mass is 16.2. The summed E-state index contributed by atoms with van der Waals surface area (Å²) in [5.74, 6) is 0.123. The highest BCUT2D eigenvalue weighted by molar-refractivity contribution is 6.06. The van der Waals surface area contributed by atoms with Crippen LogP contribution in [0.15, 0.2) is 30.5 Å². The second-order valence-electron chi connectivity index (χ2n) is 3.98. The van der Waals surface area contributed by atoms with Crippen LogP contribution >= 0.6 is 0 Å². The zero-order valence-corrected chi connectivity index (χ0v) is 8.60. The molecule has 1 aliphatic heterocycles. The zero-order valence-electron chi connectivity index (χ0n) is 8.60. The van der Waals surface area contributed by atoms with E-state index in [2.05, 4.69) is 16.8 Å². The molecule has 0 fully saturated rings. The van der Waals surface area contributed by atoms with Crippen molar-refractivity contribution in [3.05, 3.63) is 36.0 Å². The van der Waals surface area contributed by atoms with Crippen LogP contribution in [-0.2, 0) is 6.54 Å². The smallest absolute Gasteiger partial charge is 0.255 e. The topological polar surface area (TPSA) is 25.2 Å². The van der Waals surface area contributed by atoms with E-state index in [1.165, 1.54) is 0 Å².